The highest BCUT2D eigenvalue weighted by Crippen LogP contribution is 2.29. The topological polar surface area (TPSA) is 44.5 Å². The molecular formula is C16H17F2NO2. The highest BCUT2D eigenvalue weighted by Gasteiger charge is 2.10. The molecule has 0 heterocycles. The SMILES string of the molecule is COc1ccc([C@H](C)N)c(OCc2ccc(F)c(F)c2)c1. The van der Waals surface area contributed by atoms with Crippen molar-refractivity contribution in [3.8, 4) is 11.5 Å². The third-order valence-corrected chi connectivity index (χ3v) is 3.09. The van der Waals surface area contributed by atoms with Crippen LogP contribution >= 0.6 is 0 Å². The highest BCUT2D eigenvalue weighted by molar-refractivity contribution is 5.42. The lowest BCUT2D eigenvalue weighted by Crippen LogP contribution is -2.08. The summed E-state index contributed by atoms with van der Waals surface area (Å²) in [6, 6.07) is 8.79. The lowest BCUT2D eigenvalue weighted by molar-refractivity contribution is 0.298. The maximum atomic E-state index is 13.2. The molecule has 2 aromatic rings. The summed E-state index contributed by atoms with van der Waals surface area (Å²) < 4.78 is 36.9. The molecule has 2 N–H and O–H groups in total. The molecule has 0 spiro atoms. The fraction of sp³-hybridized carbons (Fsp3) is 0.250. The second-order valence-electron chi connectivity index (χ2n) is 4.73. The number of nitrogens with two attached hydrogens (primary N) is 1. The van der Waals surface area contributed by atoms with Gasteiger partial charge in [-0.2, -0.15) is 0 Å². The van der Waals surface area contributed by atoms with Crippen molar-refractivity contribution in [1.82, 2.24) is 0 Å². The molecule has 3 nitrogen and oxygen atoms in total. The van der Waals surface area contributed by atoms with Gasteiger partial charge in [-0.1, -0.05) is 12.1 Å². The third-order valence-electron chi connectivity index (χ3n) is 3.09. The Morgan fingerprint density at radius 3 is 2.48 bits per heavy atom. The number of ether oxygens (including phenoxy) is 2. The van der Waals surface area contributed by atoms with Crippen LogP contribution in [-0.4, -0.2) is 7.11 Å². The number of methoxy groups -OCH3 is 1. The van der Waals surface area contributed by atoms with Crippen LogP contribution in [0.3, 0.4) is 0 Å². The zero-order chi connectivity index (χ0) is 15.4. The van der Waals surface area contributed by atoms with E-state index >= 15 is 0 Å². The van der Waals surface area contributed by atoms with Gasteiger partial charge in [0.05, 0.1) is 7.11 Å². The summed E-state index contributed by atoms with van der Waals surface area (Å²) in [5, 5.41) is 0. The van der Waals surface area contributed by atoms with E-state index in [2.05, 4.69) is 0 Å². The molecule has 2 aromatic carbocycles. The predicted octanol–water partition coefficient (Wildman–Crippen LogP) is 3.57. The maximum Gasteiger partial charge on any atom is 0.159 e. The van der Waals surface area contributed by atoms with Crippen molar-refractivity contribution in [2.24, 2.45) is 5.73 Å². The summed E-state index contributed by atoms with van der Waals surface area (Å²) in [5.41, 5.74) is 7.24. The second-order valence-corrected chi connectivity index (χ2v) is 4.73. The summed E-state index contributed by atoms with van der Waals surface area (Å²) in [4.78, 5) is 0. The molecule has 0 amide bonds. The van der Waals surface area contributed by atoms with Gasteiger partial charge in [-0.15, -0.1) is 0 Å². The molecule has 0 radical (unpaired) electrons. The lowest BCUT2D eigenvalue weighted by atomic mass is 10.1. The van der Waals surface area contributed by atoms with Crippen molar-refractivity contribution in [3.05, 3.63) is 59.2 Å². The van der Waals surface area contributed by atoms with E-state index in [4.69, 9.17) is 15.2 Å². The molecule has 0 saturated carbocycles. The summed E-state index contributed by atoms with van der Waals surface area (Å²) in [6.07, 6.45) is 0. The van der Waals surface area contributed by atoms with Crippen LogP contribution < -0.4 is 15.2 Å². The molecule has 0 aliphatic carbocycles. The molecule has 0 unspecified atom stereocenters. The Morgan fingerprint density at radius 1 is 1.10 bits per heavy atom. The normalized spacial score (nSPS) is 12.0. The monoisotopic (exact) mass is 293 g/mol. The molecule has 0 saturated heterocycles. The average Bonchev–Trinajstić information content (AvgIpc) is 2.48. The molecule has 0 aromatic heterocycles. The van der Waals surface area contributed by atoms with Gasteiger partial charge in [-0.05, 0) is 30.7 Å². The van der Waals surface area contributed by atoms with Gasteiger partial charge < -0.3 is 15.2 Å². The van der Waals surface area contributed by atoms with Crippen LogP contribution in [0.25, 0.3) is 0 Å². The highest BCUT2D eigenvalue weighted by atomic mass is 19.2. The van der Waals surface area contributed by atoms with Crippen LogP contribution in [0.15, 0.2) is 36.4 Å². The van der Waals surface area contributed by atoms with E-state index < -0.39 is 11.6 Å². The number of rotatable bonds is 5. The minimum Gasteiger partial charge on any atom is -0.497 e. The number of hydrogen-bond donors (Lipinski definition) is 1. The molecule has 0 aliphatic heterocycles. The van der Waals surface area contributed by atoms with Gasteiger partial charge in [0.2, 0.25) is 0 Å². The van der Waals surface area contributed by atoms with Crippen molar-refractivity contribution in [2.75, 3.05) is 7.11 Å². The third kappa shape index (κ3) is 3.70. The molecule has 21 heavy (non-hydrogen) atoms. The van der Waals surface area contributed by atoms with E-state index in [0.717, 1.165) is 17.7 Å². The zero-order valence-corrected chi connectivity index (χ0v) is 11.9. The van der Waals surface area contributed by atoms with Crippen LogP contribution in [0, 0.1) is 11.6 Å². The molecule has 0 fully saturated rings. The Balaban J connectivity index is 2.19. The number of benzene rings is 2. The van der Waals surface area contributed by atoms with Crippen LogP contribution in [0.1, 0.15) is 24.1 Å². The Kier molecular flexibility index (Phi) is 4.75. The van der Waals surface area contributed by atoms with E-state index in [1.807, 2.05) is 13.0 Å². The minimum atomic E-state index is -0.894. The number of halogens is 2. The fourth-order valence-electron chi connectivity index (χ4n) is 1.93. The minimum absolute atomic E-state index is 0.115. The van der Waals surface area contributed by atoms with Gasteiger partial charge in [0.15, 0.2) is 11.6 Å². The van der Waals surface area contributed by atoms with Crippen LogP contribution in [0.2, 0.25) is 0 Å². The summed E-state index contributed by atoms with van der Waals surface area (Å²) >= 11 is 0. The van der Waals surface area contributed by atoms with Gasteiger partial charge in [-0.3, -0.25) is 0 Å². The summed E-state index contributed by atoms with van der Waals surface area (Å²) in [7, 11) is 1.56. The van der Waals surface area contributed by atoms with Crippen molar-refractivity contribution in [3.63, 3.8) is 0 Å². The Labute approximate surface area is 122 Å². The van der Waals surface area contributed by atoms with Crippen molar-refractivity contribution < 1.29 is 18.3 Å². The molecule has 5 heteroatoms. The first-order valence-electron chi connectivity index (χ1n) is 6.51. The van der Waals surface area contributed by atoms with Gasteiger partial charge in [0.1, 0.15) is 18.1 Å². The fourth-order valence-corrected chi connectivity index (χ4v) is 1.93. The van der Waals surface area contributed by atoms with E-state index in [0.29, 0.717) is 17.1 Å². The zero-order valence-electron chi connectivity index (χ0n) is 11.9. The van der Waals surface area contributed by atoms with E-state index in [-0.39, 0.29) is 12.6 Å². The molecule has 2 rings (SSSR count). The first-order valence-corrected chi connectivity index (χ1v) is 6.51. The largest absolute Gasteiger partial charge is 0.497 e. The van der Waals surface area contributed by atoms with Crippen LogP contribution in [0.5, 0.6) is 11.5 Å². The Bertz CT molecular complexity index is 630. The van der Waals surface area contributed by atoms with Gasteiger partial charge in [-0.25, -0.2) is 8.78 Å². The molecule has 0 aliphatic rings. The Hall–Kier alpha value is -2.14. The van der Waals surface area contributed by atoms with Crippen LogP contribution in [0.4, 0.5) is 8.78 Å². The summed E-state index contributed by atoms with van der Waals surface area (Å²) in [6.45, 7) is 1.95. The average molecular weight is 293 g/mol. The molecule has 1 atom stereocenters. The summed E-state index contributed by atoms with van der Waals surface area (Å²) in [5.74, 6) is -0.570. The van der Waals surface area contributed by atoms with E-state index in [1.54, 1.807) is 19.2 Å². The van der Waals surface area contributed by atoms with Gasteiger partial charge >= 0.3 is 0 Å². The van der Waals surface area contributed by atoms with Crippen molar-refractivity contribution in [2.45, 2.75) is 19.6 Å². The first-order chi connectivity index (χ1) is 10.0. The standard InChI is InChI=1S/C16H17F2NO2/c1-10(19)13-5-4-12(20-2)8-16(13)21-9-11-3-6-14(17)15(18)7-11/h3-8,10H,9,19H2,1-2H3/t10-/m0/s1. The molecular weight excluding hydrogens is 276 g/mol. The number of hydrogen-bond acceptors (Lipinski definition) is 3. The van der Waals surface area contributed by atoms with E-state index in [9.17, 15) is 8.78 Å². The predicted molar refractivity (Wildman–Crippen MR) is 76.3 cm³/mol. The quantitative estimate of drug-likeness (QED) is 0.916. The van der Waals surface area contributed by atoms with Gasteiger partial charge in [0, 0.05) is 17.7 Å². The van der Waals surface area contributed by atoms with E-state index in [1.165, 1.54) is 6.07 Å². The second kappa shape index (κ2) is 6.54. The van der Waals surface area contributed by atoms with Crippen molar-refractivity contribution >= 4 is 0 Å². The van der Waals surface area contributed by atoms with Gasteiger partial charge in [0.25, 0.3) is 0 Å². The maximum absolute atomic E-state index is 13.2. The Morgan fingerprint density at radius 2 is 1.86 bits per heavy atom. The first kappa shape index (κ1) is 15.3. The molecule has 0 bridgehead atoms. The van der Waals surface area contributed by atoms with Crippen molar-refractivity contribution in [1.29, 1.82) is 0 Å². The lowest BCUT2D eigenvalue weighted by Gasteiger charge is -2.15. The van der Waals surface area contributed by atoms with Crippen LogP contribution in [-0.2, 0) is 6.61 Å². The molecule has 112 valence electrons. The smallest absolute Gasteiger partial charge is 0.159 e.